The molecule has 0 radical (unpaired) electrons. The molecular weight excluding hydrogens is 216 g/mol. The molecule has 0 aromatic heterocycles. The Morgan fingerprint density at radius 1 is 1.50 bits per heavy atom. The zero-order chi connectivity index (χ0) is 8.82. The normalized spacial score (nSPS) is 52.8. The smallest absolute Gasteiger partial charge is 0.0525 e. The van der Waals surface area contributed by atoms with Crippen molar-refractivity contribution in [2.24, 2.45) is 16.7 Å². The molecule has 1 heterocycles. The van der Waals surface area contributed by atoms with Gasteiger partial charge < -0.3 is 4.74 Å². The van der Waals surface area contributed by atoms with Crippen LogP contribution in [0.15, 0.2) is 0 Å². The summed E-state index contributed by atoms with van der Waals surface area (Å²) in [4.78, 5) is 0. The monoisotopic (exact) mass is 232 g/mol. The molecule has 1 nitrogen and oxygen atoms in total. The van der Waals surface area contributed by atoms with Crippen LogP contribution in [-0.2, 0) is 4.74 Å². The third kappa shape index (κ3) is 0.941. The fraction of sp³-hybridized carbons (Fsp3) is 1.00. The predicted octanol–water partition coefficient (Wildman–Crippen LogP) is 2.83. The number of hydrogen-bond acceptors (Lipinski definition) is 1. The Morgan fingerprint density at radius 3 is 2.75 bits per heavy atom. The Hall–Kier alpha value is 0.440. The Kier molecular flexibility index (Phi) is 2.04. The number of ether oxygens (including phenoxy) is 1. The van der Waals surface area contributed by atoms with E-state index in [1.807, 2.05) is 0 Å². The topological polar surface area (TPSA) is 9.23 Å². The first-order valence-electron chi connectivity index (χ1n) is 4.76. The van der Waals surface area contributed by atoms with Gasteiger partial charge >= 0.3 is 0 Å². The number of alkyl halides is 1. The molecule has 1 aliphatic heterocycles. The van der Waals surface area contributed by atoms with E-state index in [0.717, 1.165) is 24.5 Å². The van der Waals surface area contributed by atoms with E-state index in [9.17, 15) is 0 Å². The van der Waals surface area contributed by atoms with Crippen molar-refractivity contribution in [2.45, 2.75) is 26.7 Å². The summed E-state index contributed by atoms with van der Waals surface area (Å²) in [5.74, 6) is 0.788. The van der Waals surface area contributed by atoms with Gasteiger partial charge in [0.1, 0.15) is 0 Å². The lowest BCUT2D eigenvalue weighted by Gasteiger charge is -2.47. The maximum absolute atomic E-state index is 5.64. The van der Waals surface area contributed by atoms with Gasteiger partial charge in [-0.15, -0.1) is 0 Å². The lowest BCUT2D eigenvalue weighted by atomic mass is 9.65. The molecule has 2 rings (SSSR count). The standard InChI is InChI=1S/C10H17BrO/c1-9-4-3-8(5-12-7-9)10(9,2)6-11/h8H,3-7H2,1-2H3/t8-,9+,10-/m1/s1. The van der Waals surface area contributed by atoms with Crippen molar-refractivity contribution in [3.63, 3.8) is 0 Å². The molecule has 70 valence electrons. The molecule has 0 N–H and O–H groups in total. The highest BCUT2D eigenvalue weighted by molar-refractivity contribution is 9.09. The quantitative estimate of drug-likeness (QED) is 0.633. The number of fused-ring (bicyclic) bond motifs is 2. The van der Waals surface area contributed by atoms with Gasteiger partial charge in [0.2, 0.25) is 0 Å². The van der Waals surface area contributed by atoms with E-state index in [1.54, 1.807) is 0 Å². The first-order valence-corrected chi connectivity index (χ1v) is 5.88. The second-order valence-corrected chi connectivity index (χ2v) is 5.42. The van der Waals surface area contributed by atoms with Crippen molar-refractivity contribution in [2.75, 3.05) is 18.5 Å². The van der Waals surface area contributed by atoms with Crippen LogP contribution in [0.5, 0.6) is 0 Å². The van der Waals surface area contributed by atoms with Gasteiger partial charge in [-0.2, -0.15) is 0 Å². The van der Waals surface area contributed by atoms with Gasteiger partial charge in [-0.05, 0) is 29.6 Å². The molecule has 1 saturated carbocycles. The maximum atomic E-state index is 5.64. The summed E-state index contributed by atoms with van der Waals surface area (Å²) >= 11 is 3.67. The summed E-state index contributed by atoms with van der Waals surface area (Å²) in [6, 6.07) is 0. The molecule has 2 aliphatic rings. The van der Waals surface area contributed by atoms with E-state index in [0.29, 0.717) is 10.8 Å². The minimum atomic E-state index is 0.430. The van der Waals surface area contributed by atoms with Gasteiger partial charge in [-0.3, -0.25) is 0 Å². The van der Waals surface area contributed by atoms with Crippen molar-refractivity contribution >= 4 is 15.9 Å². The minimum absolute atomic E-state index is 0.430. The van der Waals surface area contributed by atoms with Gasteiger partial charge in [-0.25, -0.2) is 0 Å². The summed E-state index contributed by atoms with van der Waals surface area (Å²) in [6.45, 7) is 6.75. The Labute approximate surface area is 83.0 Å². The maximum Gasteiger partial charge on any atom is 0.0525 e. The molecule has 3 atom stereocenters. The van der Waals surface area contributed by atoms with Crippen LogP contribution in [-0.4, -0.2) is 18.5 Å². The number of halogens is 1. The zero-order valence-corrected chi connectivity index (χ0v) is 9.49. The van der Waals surface area contributed by atoms with E-state index in [1.165, 1.54) is 12.8 Å². The van der Waals surface area contributed by atoms with Crippen molar-refractivity contribution in [3.05, 3.63) is 0 Å². The molecule has 2 bridgehead atoms. The van der Waals surface area contributed by atoms with Gasteiger partial charge in [0.25, 0.3) is 0 Å². The molecule has 12 heavy (non-hydrogen) atoms. The number of hydrogen-bond donors (Lipinski definition) is 0. The Bertz CT molecular complexity index is 190. The van der Waals surface area contributed by atoms with Crippen molar-refractivity contribution in [1.29, 1.82) is 0 Å². The van der Waals surface area contributed by atoms with E-state index < -0.39 is 0 Å². The first-order chi connectivity index (χ1) is 5.62. The van der Waals surface area contributed by atoms with Crippen LogP contribution in [0.1, 0.15) is 26.7 Å². The van der Waals surface area contributed by atoms with Crippen molar-refractivity contribution in [3.8, 4) is 0 Å². The molecule has 2 fully saturated rings. The van der Waals surface area contributed by atoms with Crippen LogP contribution < -0.4 is 0 Å². The molecule has 2 heteroatoms. The van der Waals surface area contributed by atoms with Crippen LogP contribution in [0.25, 0.3) is 0 Å². The second kappa shape index (κ2) is 2.71. The summed E-state index contributed by atoms with van der Waals surface area (Å²) in [7, 11) is 0. The van der Waals surface area contributed by atoms with Crippen LogP contribution in [0.3, 0.4) is 0 Å². The third-order valence-electron chi connectivity index (χ3n) is 4.34. The minimum Gasteiger partial charge on any atom is -0.381 e. The molecule has 1 saturated heterocycles. The Morgan fingerprint density at radius 2 is 2.25 bits per heavy atom. The molecule has 0 aromatic rings. The molecule has 0 spiro atoms. The van der Waals surface area contributed by atoms with E-state index >= 15 is 0 Å². The van der Waals surface area contributed by atoms with Gasteiger partial charge in [-0.1, -0.05) is 29.8 Å². The van der Waals surface area contributed by atoms with Crippen LogP contribution in [0.4, 0.5) is 0 Å². The summed E-state index contributed by atoms with van der Waals surface area (Å²) in [5.41, 5.74) is 0.907. The van der Waals surface area contributed by atoms with E-state index in [-0.39, 0.29) is 0 Å². The molecule has 0 amide bonds. The third-order valence-corrected chi connectivity index (χ3v) is 5.51. The van der Waals surface area contributed by atoms with Crippen LogP contribution in [0.2, 0.25) is 0 Å². The molecule has 0 aromatic carbocycles. The first kappa shape index (κ1) is 9.01. The second-order valence-electron chi connectivity index (χ2n) is 4.86. The molecule has 1 aliphatic carbocycles. The van der Waals surface area contributed by atoms with E-state index in [4.69, 9.17) is 4.74 Å². The molecule has 0 unspecified atom stereocenters. The van der Waals surface area contributed by atoms with Gasteiger partial charge in [0.05, 0.1) is 6.61 Å². The average molecular weight is 233 g/mol. The van der Waals surface area contributed by atoms with E-state index in [2.05, 4.69) is 29.8 Å². The zero-order valence-electron chi connectivity index (χ0n) is 7.90. The predicted molar refractivity (Wildman–Crippen MR) is 53.6 cm³/mol. The van der Waals surface area contributed by atoms with Crippen molar-refractivity contribution in [1.82, 2.24) is 0 Å². The highest BCUT2D eigenvalue weighted by Crippen LogP contribution is 2.59. The fourth-order valence-electron chi connectivity index (χ4n) is 2.79. The average Bonchev–Trinajstić information content (AvgIpc) is 2.27. The van der Waals surface area contributed by atoms with Gasteiger partial charge in [0.15, 0.2) is 0 Å². The number of rotatable bonds is 1. The summed E-state index contributed by atoms with van der Waals surface area (Å²) < 4.78 is 5.64. The molecular formula is C10H17BrO. The SMILES string of the molecule is C[C@]12CC[C@H](COC1)[C@@]2(C)CBr. The highest BCUT2D eigenvalue weighted by Gasteiger charge is 2.56. The highest BCUT2D eigenvalue weighted by atomic mass is 79.9. The van der Waals surface area contributed by atoms with Gasteiger partial charge in [0, 0.05) is 11.9 Å². The lowest BCUT2D eigenvalue weighted by molar-refractivity contribution is -0.0840. The summed E-state index contributed by atoms with van der Waals surface area (Å²) in [6.07, 6.45) is 2.71. The van der Waals surface area contributed by atoms with Crippen molar-refractivity contribution < 1.29 is 4.74 Å². The fourth-order valence-corrected chi connectivity index (χ4v) is 3.93. The summed E-state index contributed by atoms with van der Waals surface area (Å²) in [5, 5.41) is 1.13. The largest absolute Gasteiger partial charge is 0.381 e. The Balaban J connectivity index is 2.32. The van der Waals surface area contributed by atoms with Crippen LogP contribution >= 0.6 is 15.9 Å². The lowest BCUT2D eigenvalue weighted by Crippen LogP contribution is -2.47. The van der Waals surface area contributed by atoms with Crippen LogP contribution in [0, 0.1) is 16.7 Å².